The van der Waals surface area contributed by atoms with Crippen LogP contribution in [-0.4, -0.2) is 29.0 Å². The van der Waals surface area contributed by atoms with Crippen LogP contribution < -0.4 is 5.32 Å². The lowest BCUT2D eigenvalue weighted by Crippen LogP contribution is -2.26. The Balaban J connectivity index is 1.93. The number of rotatable bonds is 8. The number of ether oxygens (including phenoxy) is 1. The summed E-state index contributed by atoms with van der Waals surface area (Å²) in [7, 11) is 0. The van der Waals surface area contributed by atoms with Gasteiger partial charge in [-0.3, -0.25) is 4.68 Å². The SMILES string of the molecule is CCCn1nccc1C(CCC1CCCCO1)NCC. The lowest BCUT2D eigenvalue weighted by Gasteiger charge is -2.25. The largest absolute Gasteiger partial charge is 0.378 e. The fourth-order valence-corrected chi connectivity index (χ4v) is 3.03. The lowest BCUT2D eigenvalue weighted by molar-refractivity contribution is 0.00842. The van der Waals surface area contributed by atoms with E-state index < -0.39 is 0 Å². The fourth-order valence-electron chi connectivity index (χ4n) is 3.03. The first-order valence-electron chi connectivity index (χ1n) is 8.21. The van der Waals surface area contributed by atoms with Gasteiger partial charge >= 0.3 is 0 Å². The van der Waals surface area contributed by atoms with Crippen molar-refractivity contribution in [2.75, 3.05) is 13.2 Å². The summed E-state index contributed by atoms with van der Waals surface area (Å²) in [4.78, 5) is 0. The molecule has 1 N–H and O–H groups in total. The van der Waals surface area contributed by atoms with Crippen LogP contribution in [0.5, 0.6) is 0 Å². The highest BCUT2D eigenvalue weighted by Crippen LogP contribution is 2.24. The molecule has 0 aliphatic carbocycles. The average Bonchev–Trinajstić information content (AvgIpc) is 2.93. The molecule has 4 heteroatoms. The number of aryl methyl sites for hydroxylation is 1. The van der Waals surface area contributed by atoms with Gasteiger partial charge in [0.2, 0.25) is 0 Å². The maximum Gasteiger partial charge on any atom is 0.0575 e. The Kier molecular flexibility index (Phi) is 6.54. The van der Waals surface area contributed by atoms with Gasteiger partial charge in [-0.15, -0.1) is 0 Å². The highest BCUT2D eigenvalue weighted by Gasteiger charge is 2.19. The molecule has 2 rings (SSSR count). The molecule has 2 heterocycles. The summed E-state index contributed by atoms with van der Waals surface area (Å²) in [6, 6.07) is 2.56. The zero-order valence-corrected chi connectivity index (χ0v) is 13.0. The number of hydrogen-bond acceptors (Lipinski definition) is 3. The molecule has 0 spiro atoms. The van der Waals surface area contributed by atoms with Gasteiger partial charge in [0.05, 0.1) is 11.8 Å². The first-order valence-corrected chi connectivity index (χ1v) is 8.21. The van der Waals surface area contributed by atoms with Crippen molar-refractivity contribution in [3.8, 4) is 0 Å². The summed E-state index contributed by atoms with van der Waals surface area (Å²) in [5, 5.41) is 8.06. The van der Waals surface area contributed by atoms with Crippen molar-refractivity contribution < 1.29 is 4.74 Å². The van der Waals surface area contributed by atoms with Crippen LogP contribution in [0.15, 0.2) is 12.3 Å². The highest BCUT2D eigenvalue weighted by molar-refractivity contribution is 5.07. The minimum atomic E-state index is 0.402. The highest BCUT2D eigenvalue weighted by atomic mass is 16.5. The van der Waals surface area contributed by atoms with E-state index in [0.29, 0.717) is 12.1 Å². The second-order valence-corrected chi connectivity index (χ2v) is 5.66. The van der Waals surface area contributed by atoms with Gasteiger partial charge in [0.25, 0.3) is 0 Å². The van der Waals surface area contributed by atoms with Crippen LogP contribution in [0, 0.1) is 0 Å². The molecule has 114 valence electrons. The van der Waals surface area contributed by atoms with E-state index in [1.165, 1.54) is 25.0 Å². The van der Waals surface area contributed by atoms with Crippen LogP contribution in [0.25, 0.3) is 0 Å². The molecular formula is C16H29N3O. The van der Waals surface area contributed by atoms with Gasteiger partial charge in [0.15, 0.2) is 0 Å². The summed E-state index contributed by atoms with van der Waals surface area (Å²) in [5.74, 6) is 0. The van der Waals surface area contributed by atoms with Crippen molar-refractivity contribution in [2.45, 2.75) is 71.1 Å². The maximum absolute atomic E-state index is 5.85. The van der Waals surface area contributed by atoms with Gasteiger partial charge < -0.3 is 10.1 Å². The molecular weight excluding hydrogens is 250 g/mol. The Morgan fingerprint density at radius 1 is 1.45 bits per heavy atom. The second kappa shape index (κ2) is 8.42. The van der Waals surface area contributed by atoms with Crippen molar-refractivity contribution in [1.29, 1.82) is 0 Å². The zero-order valence-electron chi connectivity index (χ0n) is 13.0. The molecule has 1 aliphatic heterocycles. The predicted octanol–water partition coefficient (Wildman–Crippen LogP) is 3.29. The Bertz CT molecular complexity index is 372. The van der Waals surface area contributed by atoms with Crippen LogP contribution in [0.3, 0.4) is 0 Å². The fraction of sp³-hybridized carbons (Fsp3) is 0.812. The third-order valence-corrected chi connectivity index (χ3v) is 4.04. The molecule has 2 atom stereocenters. The van der Waals surface area contributed by atoms with E-state index in [1.54, 1.807) is 0 Å². The van der Waals surface area contributed by atoms with Crippen molar-refractivity contribution in [3.05, 3.63) is 18.0 Å². The molecule has 0 radical (unpaired) electrons. The standard InChI is InChI=1S/C16H29N3O/c1-3-12-19-16(10-11-18-19)15(17-4-2)9-8-14-7-5-6-13-20-14/h10-11,14-15,17H,3-9,12-13H2,1-2H3. The summed E-state index contributed by atoms with van der Waals surface area (Å²) < 4.78 is 8.00. The molecule has 0 saturated carbocycles. The summed E-state index contributed by atoms with van der Waals surface area (Å²) in [5.41, 5.74) is 1.32. The van der Waals surface area contributed by atoms with E-state index in [2.05, 4.69) is 35.0 Å². The van der Waals surface area contributed by atoms with Crippen LogP contribution in [0.1, 0.15) is 64.1 Å². The van der Waals surface area contributed by atoms with Crippen LogP contribution in [-0.2, 0) is 11.3 Å². The minimum absolute atomic E-state index is 0.402. The quantitative estimate of drug-likeness (QED) is 0.793. The number of hydrogen-bond donors (Lipinski definition) is 1. The van der Waals surface area contributed by atoms with Crippen molar-refractivity contribution in [1.82, 2.24) is 15.1 Å². The summed E-state index contributed by atoms with van der Waals surface area (Å²) >= 11 is 0. The maximum atomic E-state index is 5.85. The van der Waals surface area contributed by atoms with Crippen LogP contribution in [0.4, 0.5) is 0 Å². The van der Waals surface area contributed by atoms with E-state index in [4.69, 9.17) is 4.74 Å². The Hall–Kier alpha value is -0.870. The number of nitrogens with zero attached hydrogens (tertiary/aromatic N) is 2. The van der Waals surface area contributed by atoms with Crippen molar-refractivity contribution in [2.24, 2.45) is 0 Å². The Morgan fingerprint density at radius 2 is 2.35 bits per heavy atom. The molecule has 1 fully saturated rings. The van der Waals surface area contributed by atoms with Gasteiger partial charge in [0.1, 0.15) is 0 Å². The molecule has 1 aromatic rings. The number of aromatic nitrogens is 2. The van der Waals surface area contributed by atoms with E-state index in [-0.39, 0.29) is 0 Å². The van der Waals surface area contributed by atoms with Gasteiger partial charge in [-0.2, -0.15) is 5.10 Å². The molecule has 0 amide bonds. The molecule has 20 heavy (non-hydrogen) atoms. The minimum Gasteiger partial charge on any atom is -0.378 e. The molecule has 1 aromatic heterocycles. The molecule has 0 aromatic carbocycles. The normalized spacial score (nSPS) is 21.0. The first kappa shape index (κ1) is 15.5. The summed E-state index contributed by atoms with van der Waals surface area (Å²) in [6.07, 6.45) is 9.58. The second-order valence-electron chi connectivity index (χ2n) is 5.66. The monoisotopic (exact) mass is 279 g/mol. The third-order valence-electron chi connectivity index (χ3n) is 4.04. The Labute approximate surface area is 122 Å². The third kappa shape index (κ3) is 4.32. The lowest BCUT2D eigenvalue weighted by atomic mass is 10.00. The molecule has 1 saturated heterocycles. The van der Waals surface area contributed by atoms with E-state index in [0.717, 1.165) is 39.0 Å². The van der Waals surface area contributed by atoms with E-state index in [1.807, 2.05) is 6.20 Å². The van der Waals surface area contributed by atoms with E-state index >= 15 is 0 Å². The van der Waals surface area contributed by atoms with Gasteiger partial charge in [-0.1, -0.05) is 13.8 Å². The van der Waals surface area contributed by atoms with Gasteiger partial charge in [-0.25, -0.2) is 0 Å². The summed E-state index contributed by atoms with van der Waals surface area (Å²) in [6.45, 7) is 7.32. The van der Waals surface area contributed by atoms with E-state index in [9.17, 15) is 0 Å². The predicted molar refractivity (Wildman–Crippen MR) is 81.8 cm³/mol. The first-order chi connectivity index (χ1) is 9.85. The van der Waals surface area contributed by atoms with Gasteiger partial charge in [0, 0.05) is 25.4 Å². The molecule has 1 aliphatic rings. The average molecular weight is 279 g/mol. The van der Waals surface area contributed by atoms with Crippen LogP contribution in [0.2, 0.25) is 0 Å². The topological polar surface area (TPSA) is 39.1 Å². The zero-order chi connectivity index (χ0) is 14.2. The van der Waals surface area contributed by atoms with Gasteiger partial charge in [-0.05, 0) is 51.1 Å². The molecule has 4 nitrogen and oxygen atoms in total. The van der Waals surface area contributed by atoms with Crippen molar-refractivity contribution >= 4 is 0 Å². The smallest absolute Gasteiger partial charge is 0.0575 e. The number of nitrogens with one attached hydrogen (secondary N) is 1. The van der Waals surface area contributed by atoms with Crippen molar-refractivity contribution in [3.63, 3.8) is 0 Å². The Morgan fingerprint density at radius 3 is 3.05 bits per heavy atom. The van der Waals surface area contributed by atoms with Crippen LogP contribution >= 0.6 is 0 Å². The molecule has 2 unspecified atom stereocenters. The molecule has 0 bridgehead atoms.